The molecule has 0 amide bonds. The summed E-state index contributed by atoms with van der Waals surface area (Å²) in [5.74, 6) is 1.86. The van der Waals surface area contributed by atoms with Crippen LogP contribution in [0.25, 0.3) is 0 Å². The van der Waals surface area contributed by atoms with Gasteiger partial charge in [-0.1, -0.05) is 12.1 Å². The zero-order chi connectivity index (χ0) is 14.0. The molecule has 1 saturated carbocycles. The number of benzene rings is 1. The number of hydrogen-bond donors (Lipinski definition) is 1. The third-order valence-corrected chi connectivity index (χ3v) is 5.10. The van der Waals surface area contributed by atoms with Crippen molar-refractivity contribution in [2.45, 2.75) is 25.8 Å². The van der Waals surface area contributed by atoms with Crippen LogP contribution in [0.5, 0.6) is 5.75 Å². The molecule has 3 nitrogen and oxygen atoms in total. The van der Waals surface area contributed by atoms with Crippen molar-refractivity contribution in [2.75, 3.05) is 33.8 Å². The molecule has 1 aliphatic heterocycles. The van der Waals surface area contributed by atoms with Crippen LogP contribution in [0.1, 0.15) is 24.8 Å². The normalized spacial score (nSPS) is 24.1. The zero-order valence-corrected chi connectivity index (χ0v) is 12.7. The van der Waals surface area contributed by atoms with Gasteiger partial charge in [-0.05, 0) is 68.4 Å². The molecule has 3 rings (SSSR count). The molecule has 1 aromatic rings. The molecule has 2 aliphatic rings. The molecule has 0 radical (unpaired) electrons. The Balaban J connectivity index is 1.49. The lowest BCUT2D eigenvalue weighted by Crippen LogP contribution is -2.31. The Bertz CT molecular complexity index is 437. The number of nitrogens with zero attached hydrogens (tertiary/aromatic N) is 1. The first kappa shape index (κ1) is 13.9. The molecule has 1 N–H and O–H groups in total. The van der Waals surface area contributed by atoms with Gasteiger partial charge in [0.15, 0.2) is 0 Å². The van der Waals surface area contributed by atoms with Crippen LogP contribution in [0, 0.1) is 11.3 Å². The number of rotatable bonds is 5. The van der Waals surface area contributed by atoms with Gasteiger partial charge in [-0.25, -0.2) is 0 Å². The molecular formula is C17H26N2O. The van der Waals surface area contributed by atoms with Gasteiger partial charge < -0.3 is 15.0 Å². The van der Waals surface area contributed by atoms with Crippen LogP contribution in [-0.4, -0.2) is 38.7 Å². The Labute approximate surface area is 122 Å². The number of nitrogens with one attached hydrogen (secondary N) is 1. The summed E-state index contributed by atoms with van der Waals surface area (Å²) in [6.07, 6.45) is 4.21. The summed E-state index contributed by atoms with van der Waals surface area (Å²) in [5, 5.41) is 3.48. The maximum atomic E-state index is 5.20. The van der Waals surface area contributed by atoms with Gasteiger partial charge in [0.1, 0.15) is 5.75 Å². The van der Waals surface area contributed by atoms with E-state index in [0.717, 1.165) is 18.2 Å². The fourth-order valence-corrected chi connectivity index (χ4v) is 3.71. The lowest BCUT2D eigenvalue weighted by atomic mass is 9.92. The van der Waals surface area contributed by atoms with E-state index in [1.807, 2.05) is 0 Å². The molecule has 2 fully saturated rings. The minimum absolute atomic E-state index is 0.694. The second-order valence-corrected chi connectivity index (χ2v) is 6.56. The van der Waals surface area contributed by atoms with E-state index >= 15 is 0 Å². The van der Waals surface area contributed by atoms with Gasteiger partial charge in [0.25, 0.3) is 0 Å². The highest BCUT2D eigenvalue weighted by molar-refractivity contribution is 5.27. The van der Waals surface area contributed by atoms with E-state index in [1.54, 1.807) is 7.11 Å². The molecule has 3 heteroatoms. The minimum atomic E-state index is 0.694. The van der Waals surface area contributed by atoms with E-state index in [0.29, 0.717) is 5.41 Å². The van der Waals surface area contributed by atoms with Crippen molar-refractivity contribution in [3.8, 4) is 5.75 Å². The number of methoxy groups -OCH3 is 1. The first-order valence-corrected chi connectivity index (χ1v) is 7.74. The first-order valence-electron chi connectivity index (χ1n) is 7.74. The van der Waals surface area contributed by atoms with Gasteiger partial charge in [-0.2, -0.15) is 0 Å². The van der Waals surface area contributed by atoms with Crippen LogP contribution < -0.4 is 10.1 Å². The molecule has 1 heterocycles. The Morgan fingerprint density at radius 2 is 1.95 bits per heavy atom. The predicted octanol–water partition coefficient (Wildman–Crippen LogP) is 2.52. The lowest BCUT2D eigenvalue weighted by Gasteiger charge is -2.25. The fraction of sp³-hybridized carbons (Fsp3) is 0.647. The topological polar surface area (TPSA) is 24.5 Å². The van der Waals surface area contributed by atoms with E-state index in [-0.39, 0.29) is 0 Å². The van der Waals surface area contributed by atoms with Crippen molar-refractivity contribution >= 4 is 0 Å². The van der Waals surface area contributed by atoms with Gasteiger partial charge in [-0.3, -0.25) is 0 Å². The van der Waals surface area contributed by atoms with Gasteiger partial charge in [0.2, 0.25) is 0 Å². The minimum Gasteiger partial charge on any atom is -0.497 e. The lowest BCUT2D eigenvalue weighted by molar-refractivity contribution is 0.257. The van der Waals surface area contributed by atoms with Gasteiger partial charge >= 0.3 is 0 Å². The first-order chi connectivity index (χ1) is 9.72. The van der Waals surface area contributed by atoms with Crippen LogP contribution in [0.3, 0.4) is 0 Å². The second kappa shape index (κ2) is 5.74. The average molecular weight is 274 g/mol. The Morgan fingerprint density at radius 1 is 1.25 bits per heavy atom. The summed E-state index contributed by atoms with van der Waals surface area (Å²) in [7, 11) is 3.96. The van der Waals surface area contributed by atoms with Gasteiger partial charge in [0.05, 0.1) is 7.11 Å². The van der Waals surface area contributed by atoms with Crippen molar-refractivity contribution in [3.63, 3.8) is 0 Å². The standard InChI is InChI=1S/C17H26N2O/c1-19(12-14-3-5-16(20-2)6-4-14)13-15-11-17(15)7-9-18-10-8-17/h3-6,15,18H,7-13H2,1-2H3. The van der Waals surface area contributed by atoms with Crippen LogP contribution in [-0.2, 0) is 6.54 Å². The average Bonchev–Trinajstić information content (AvgIpc) is 3.11. The summed E-state index contributed by atoms with van der Waals surface area (Å²) in [5.41, 5.74) is 2.06. The molecule has 0 bridgehead atoms. The quantitative estimate of drug-likeness (QED) is 0.893. The molecule has 20 heavy (non-hydrogen) atoms. The molecule has 0 aromatic heterocycles. The smallest absolute Gasteiger partial charge is 0.118 e. The van der Waals surface area contributed by atoms with Crippen molar-refractivity contribution < 1.29 is 4.74 Å². The van der Waals surface area contributed by atoms with E-state index in [4.69, 9.17) is 4.74 Å². The summed E-state index contributed by atoms with van der Waals surface area (Å²) in [6.45, 7) is 4.72. The fourth-order valence-electron chi connectivity index (χ4n) is 3.71. The van der Waals surface area contributed by atoms with Crippen molar-refractivity contribution in [1.29, 1.82) is 0 Å². The summed E-state index contributed by atoms with van der Waals surface area (Å²) in [6, 6.07) is 8.44. The predicted molar refractivity (Wildman–Crippen MR) is 82.0 cm³/mol. The van der Waals surface area contributed by atoms with Crippen LogP contribution in [0.2, 0.25) is 0 Å². The van der Waals surface area contributed by atoms with Gasteiger partial charge in [0, 0.05) is 13.1 Å². The summed E-state index contributed by atoms with van der Waals surface area (Å²) in [4.78, 5) is 2.48. The number of hydrogen-bond acceptors (Lipinski definition) is 3. The molecule has 1 atom stereocenters. The van der Waals surface area contributed by atoms with Crippen molar-refractivity contribution in [1.82, 2.24) is 10.2 Å². The third kappa shape index (κ3) is 2.99. The van der Waals surface area contributed by atoms with Crippen LogP contribution >= 0.6 is 0 Å². The Morgan fingerprint density at radius 3 is 2.60 bits per heavy atom. The molecule has 110 valence electrons. The molecule has 1 unspecified atom stereocenters. The summed E-state index contributed by atoms with van der Waals surface area (Å²) >= 11 is 0. The van der Waals surface area contributed by atoms with E-state index in [1.165, 1.54) is 44.5 Å². The van der Waals surface area contributed by atoms with E-state index in [9.17, 15) is 0 Å². The second-order valence-electron chi connectivity index (χ2n) is 6.56. The third-order valence-electron chi connectivity index (χ3n) is 5.10. The van der Waals surface area contributed by atoms with Gasteiger partial charge in [-0.15, -0.1) is 0 Å². The summed E-state index contributed by atoms with van der Waals surface area (Å²) < 4.78 is 5.20. The zero-order valence-electron chi connectivity index (χ0n) is 12.7. The molecule has 1 aliphatic carbocycles. The van der Waals surface area contributed by atoms with Crippen molar-refractivity contribution in [3.05, 3.63) is 29.8 Å². The maximum absolute atomic E-state index is 5.20. The highest BCUT2D eigenvalue weighted by Gasteiger charge is 2.53. The number of piperidine rings is 1. The monoisotopic (exact) mass is 274 g/mol. The highest BCUT2D eigenvalue weighted by Crippen LogP contribution is 2.58. The molecule has 1 spiro atoms. The van der Waals surface area contributed by atoms with E-state index in [2.05, 4.69) is 41.5 Å². The molecule has 1 saturated heterocycles. The maximum Gasteiger partial charge on any atom is 0.118 e. The SMILES string of the molecule is COc1ccc(CN(C)CC2CC23CCNCC3)cc1. The van der Waals surface area contributed by atoms with E-state index < -0.39 is 0 Å². The van der Waals surface area contributed by atoms with Crippen LogP contribution in [0.4, 0.5) is 0 Å². The van der Waals surface area contributed by atoms with Crippen molar-refractivity contribution in [2.24, 2.45) is 11.3 Å². The molecule has 1 aromatic carbocycles. The Hall–Kier alpha value is -1.06. The van der Waals surface area contributed by atoms with Crippen LogP contribution in [0.15, 0.2) is 24.3 Å². The largest absolute Gasteiger partial charge is 0.497 e. The number of ether oxygens (including phenoxy) is 1. The highest BCUT2D eigenvalue weighted by atomic mass is 16.5. The Kier molecular flexibility index (Phi) is 3.99. The molecular weight excluding hydrogens is 248 g/mol.